The van der Waals surface area contributed by atoms with Gasteiger partial charge in [0.15, 0.2) is 21.3 Å². The number of unbranched alkanes of at least 4 members (excludes halogenated alkanes) is 1. The van der Waals surface area contributed by atoms with E-state index in [1.54, 1.807) is 14.2 Å². The molecule has 0 amide bonds. The van der Waals surface area contributed by atoms with Crippen molar-refractivity contribution in [2.75, 3.05) is 40.1 Å². The van der Waals surface area contributed by atoms with Crippen LogP contribution in [0.2, 0.25) is 0 Å². The Morgan fingerprint density at radius 2 is 1.56 bits per heavy atom. The Labute approximate surface area is 190 Å². The summed E-state index contributed by atoms with van der Waals surface area (Å²) in [4.78, 5) is 1.94. The molecule has 0 fully saturated rings. The summed E-state index contributed by atoms with van der Waals surface area (Å²) in [6.07, 6.45) is 3.39. The molecule has 10 heteroatoms. The quantitative estimate of drug-likeness (QED) is 0.518. The van der Waals surface area contributed by atoms with Crippen LogP contribution >= 0.6 is 0 Å². The average molecular weight is 483 g/mol. The molecule has 0 spiro atoms. The zero-order chi connectivity index (χ0) is 23.4. The fourth-order valence-electron chi connectivity index (χ4n) is 3.86. The normalized spacial score (nSPS) is 14.7. The van der Waals surface area contributed by atoms with E-state index in [1.165, 1.54) is 35.4 Å². The van der Waals surface area contributed by atoms with Gasteiger partial charge in [-0.1, -0.05) is 12.1 Å². The van der Waals surface area contributed by atoms with E-state index in [0.717, 1.165) is 50.2 Å². The molecule has 0 aliphatic carbocycles. The molecule has 1 aliphatic heterocycles. The molecular formula is C22H30N2O6S2. The summed E-state index contributed by atoms with van der Waals surface area (Å²) in [7, 11) is -4.29. The average Bonchev–Trinajstić information content (AvgIpc) is 2.77. The van der Waals surface area contributed by atoms with E-state index in [0.29, 0.717) is 6.42 Å². The Kier molecular flexibility index (Phi) is 7.81. The van der Waals surface area contributed by atoms with Crippen molar-refractivity contribution in [3.63, 3.8) is 0 Å². The first-order chi connectivity index (χ1) is 15.2. The molecule has 0 saturated carbocycles. The number of nitrogens with one attached hydrogen (secondary N) is 1. The van der Waals surface area contributed by atoms with Gasteiger partial charge in [-0.25, -0.2) is 21.6 Å². The molecule has 176 valence electrons. The third kappa shape index (κ3) is 5.80. The number of fused-ring (bicyclic) bond motifs is 1. The van der Waals surface area contributed by atoms with Crippen molar-refractivity contribution in [3.8, 4) is 11.5 Å². The molecule has 32 heavy (non-hydrogen) atoms. The lowest BCUT2D eigenvalue weighted by Gasteiger charge is -2.29. The van der Waals surface area contributed by atoms with Crippen molar-refractivity contribution in [1.82, 2.24) is 9.62 Å². The number of rotatable bonds is 10. The van der Waals surface area contributed by atoms with Gasteiger partial charge in [-0.3, -0.25) is 4.90 Å². The molecule has 1 N–H and O–H groups in total. The molecule has 0 radical (unpaired) electrons. The second-order valence-electron chi connectivity index (χ2n) is 7.83. The first kappa shape index (κ1) is 24.5. The largest absolute Gasteiger partial charge is 0.493 e. The molecular weight excluding hydrogens is 452 g/mol. The number of benzene rings is 2. The smallest absolute Gasteiger partial charge is 0.241 e. The highest BCUT2D eigenvalue weighted by molar-refractivity contribution is 7.93. The van der Waals surface area contributed by atoms with E-state index in [4.69, 9.17) is 9.47 Å². The Hall–Kier alpha value is -2.14. The minimum Gasteiger partial charge on any atom is -0.493 e. The van der Waals surface area contributed by atoms with Gasteiger partial charge in [0, 0.05) is 25.9 Å². The summed E-state index contributed by atoms with van der Waals surface area (Å²) in [5.41, 5.74) is 2.48. The van der Waals surface area contributed by atoms with Gasteiger partial charge in [0.05, 0.1) is 19.1 Å². The number of methoxy groups -OCH3 is 2. The van der Waals surface area contributed by atoms with Gasteiger partial charge in [0.25, 0.3) is 0 Å². The maximum Gasteiger partial charge on any atom is 0.241 e. The minimum absolute atomic E-state index is 0.188. The van der Waals surface area contributed by atoms with Gasteiger partial charge in [0.2, 0.25) is 10.0 Å². The predicted octanol–water partition coefficient (Wildman–Crippen LogP) is 2.22. The molecule has 2 aromatic carbocycles. The SMILES string of the molecule is COc1cc2c(cc1OC)CN(CCCCNS(=O)(=O)c1ccccc1S(C)(=O)=O)CC2. The van der Waals surface area contributed by atoms with Gasteiger partial charge in [0.1, 0.15) is 4.90 Å². The van der Waals surface area contributed by atoms with Gasteiger partial charge >= 0.3 is 0 Å². The van der Waals surface area contributed by atoms with E-state index < -0.39 is 19.9 Å². The Morgan fingerprint density at radius 1 is 0.938 bits per heavy atom. The lowest BCUT2D eigenvalue weighted by molar-refractivity contribution is 0.248. The summed E-state index contributed by atoms with van der Waals surface area (Å²) in [6.45, 7) is 2.82. The number of hydrogen-bond donors (Lipinski definition) is 1. The van der Waals surface area contributed by atoms with Crippen LogP contribution in [0.25, 0.3) is 0 Å². The van der Waals surface area contributed by atoms with Crippen molar-refractivity contribution in [2.24, 2.45) is 0 Å². The summed E-state index contributed by atoms with van der Waals surface area (Å²) in [5.74, 6) is 1.46. The number of ether oxygens (including phenoxy) is 2. The highest BCUT2D eigenvalue weighted by atomic mass is 32.2. The summed E-state index contributed by atoms with van der Waals surface area (Å²) < 4.78 is 62.3. The monoisotopic (exact) mass is 482 g/mol. The van der Waals surface area contributed by atoms with E-state index in [-0.39, 0.29) is 16.3 Å². The first-order valence-corrected chi connectivity index (χ1v) is 13.8. The highest BCUT2D eigenvalue weighted by Gasteiger charge is 2.23. The number of sulfone groups is 1. The molecule has 2 aromatic rings. The standard InChI is InChI=1S/C22H30N2O6S2/c1-29-19-14-17-10-13-24(16-18(17)15-20(19)30-2)12-7-6-11-23-32(27,28)22-9-5-4-8-21(22)31(3,25)26/h4-5,8-9,14-15,23H,6-7,10-13,16H2,1-3H3. The van der Waals surface area contributed by atoms with E-state index in [9.17, 15) is 16.8 Å². The third-order valence-corrected chi connectivity index (χ3v) is 8.33. The fraction of sp³-hybridized carbons (Fsp3) is 0.455. The maximum atomic E-state index is 12.6. The molecule has 8 nitrogen and oxygen atoms in total. The van der Waals surface area contributed by atoms with Crippen molar-refractivity contribution in [1.29, 1.82) is 0 Å². The zero-order valence-corrected chi connectivity index (χ0v) is 20.3. The topological polar surface area (TPSA) is 102 Å². The lowest BCUT2D eigenvalue weighted by Crippen LogP contribution is -2.32. The predicted molar refractivity (Wildman–Crippen MR) is 123 cm³/mol. The molecule has 1 heterocycles. The van der Waals surface area contributed by atoms with Crippen LogP contribution in [0.4, 0.5) is 0 Å². The molecule has 0 atom stereocenters. The van der Waals surface area contributed by atoms with E-state index in [1.807, 2.05) is 12.1 Å². The maximum absolute atomic E-state index is 12.6. The van der Waals surface area contributed by atoms with Gasteiger partial charge < -0.3 is 9.47 Å². The molecule has 1 aliphatic rings. The van der Waals surface area contributed by atoms with Crippen molar-refractivity contribution in [3.05, 3.63) is 47.5 Å². The molecule has 0 aromatic heterocycles. The van der Waals surface area contributed by atoms with Crippen LogP contribution in [0.1, 0.15) is 24.0 Å². The summed E-state index contributed by atoms with van der Waals surface area (Å²) in [6, 6.07) is 9.71. The third-order valence-electron chi connectivity index (χ3n) is 5.53. The van der Waals surface area contributed by atoms with Crippen LogP contribution in [-0.2, 0) is 32.8 Å². The van der Waals surface area contributed by atoms with Crippen molar-refractivity contribution < 1.29 is 26.3 Å². The van der Waals surface area contributed by atoms with Gasteiger partial charge in [-0.05, 0) is 61.2 Å². The summed E-state index contributed by atoms with van der Waals surface area (Å²) in [5, 5.41) is 0. The second kappa shape index (κ2) is 10.2. The summed E-state index contributed by atoms with van der Waals surface area (Å²) >= 11 is 0. The first-order valence-electron chi connectivity index (χ1n) is 10.4. The van der Waals surface area contributed by atoms with Crippen LogP contribution in [0.5, 0.6) is 11.5 Å². The number of hydrogen-bond acceptors (Lipinski definition) is 7. The van der Waals surface area contributed by atoms with Crippen LogP contribution in [0.15, 0.2) is 46.2 Å². The van der Waals surface area contributed by atoms with Crippen LogP contribution in [-0.4, -0.2) is 61.8 Å². The van der Waals surface area contributed by atoms with Gasteiger partial charge in [-0.15, -0.1) is 0 Å². The zero-order valence-electron chi connectivity index (χ0n) is 18.6. The van der Waals surface area contributed by atoms with Crippen molar-refractivity contribution in [2.45, 2.75) is 35.6 Å². The molecule has 3 rings (SSSR count). The van der Waals surface area contributed by atoms with E-state index in [2.05, 4.69) is 9.62 Å². The Morgan fingerprint density at radius 3 is 2.19 bits per heavy atom. The fourth-order valence-corrected chi connectivity index (χ4v) is 6.56. The number of nitrogens with zero attached hydrogens (tertiary/aromatic N) is 1. The molecule has 0 unspecified atom stereocenters. The highest BCUT2D eigenvalue weighted by Crippen LogP contribution is 2.33. The minimum atomic E-state index is -3.90. The Bertz CT molecular complexity index is 1160. The molecule has 0 bridgehead atoms. The van der Waals surface area contributed by atoms with Crippen molar-refractivity contribution >= 4 is 19.9 Å². The van der Waals surface area contributed by atoms with Crippen LogP contribution in [0, 0.1) is 0 Å². The van der Waals surface area contributed by atoms with E-state index >= 15 is 0 Å². The van der Waals surface area contributed by atoms with Gasteiger partial charge in [-0.2, -0.15) is 0 Å². The Balaban J connectivity index is 1.52. The number of sulfonamides is 1. The molecule has 0 saturated heterocycles. The second-order valence-corrected chi connectivity index (χ2v) is 11.5. The van der Waals surface area contributed by atoms with Crippen LogP contribution < -0.4 is 14.2 Å². The lowest BCUT2D eigenvalue weighted by atomic mass is 9.98. The van der Waals surface area contributed by atoms with Crippen LogP contribution in [0.3, 0.4) is 0 Å².